The van der Waals surface area contributed by atoms with Crippen LogP contribution in [0.25, 0.3) is 0 Å². The summed E-state index contributed by atoms with van der Waals surface area (Å²) in [6, 6.07) is 0. The molecule has 0 saturated carbocycles. The molecule has 14 heavy (non-hydrogen) atoms. The second-order valence-corrected chi connectivity index (χ2v) is 4.65. The van der Waals surface area contributed by atoms with E-state index in [1.54, 1.807) is 14.2 Å². The Kier molecular flexibility index (Phi) is 30.4. The molecule has 0 saturated heterocycles. The van der Waals surface area contributed by atoms with Crippen LogP contribution in [0, 0.1) is 0 Å². The van der Waals surface area contributed by atoms with Crippen LogP contribution in [0.15, 0.2) is 0 Å². The summed E-state index contributed by atoms with van der Waals surface area (Å²) in [6.45, 7) is 0. The van der Waals surface area contributed by atoms with Gasteiger partial charge in [0.25, 0.3) is 0 Å². The van der Waals surface area contributed by atoms with Crippen molar-refractivity contribution in [3.8, 4) is 0 Å². The Labute approximate surface area is 115 Å². The fourth-order valence-corrected chi connectivity index (χ4v) is 0.548. The zero-order chi connectivity index (χ0) is 12.0. The molecule has 0 aromatic carbocycles. The first-order valence-electron chi connectivity index (χ1n) is 3.21. The molecule has 0 aromatic heterocycles. The molecule has 0 aromatic rings. The molecule has 0 aliphatic carbocycles. The molecule has 0 amide bonds. The first-order chi connectivity index (χ1) is 6.62. The van der Waals surface area contributed by atoms with Crippen LogP contribution in [-0.4, -0.2) is 35.5 Å². The van der Waals surface area contributed by atoms with Gasteiger partial charge in [0.05, 0.1) is 0 Å². The largest absolute Gasteiger partial charge is 0.338 e. The molecule has 0 fully saturated rings. The van der Waals surface area contributed by atoms with E-state index >= 15 is 0 Å². The van der Waals surface area contributed by atoms with Gasteiger partial charge in [-0.3, -0.25) is 0 Å². The van der Waals surface area contributed by atoms with Gasteiger partial charge in [-0.2, -0.15) is 22.7 Å². The molecule has 0 aliphatic heterocycles. The van der Waals surface area contributed by atoms with Crippen LogP contribution in [0.5, 0.6) is 0 Å². The number of hydrogen-bond acceptors (Lipinski definition) is 4. The lowest BCUT2D eigenvalue weighted by atomic mass is 11.5. The Morgan fingerprint density at radius 3 is 1.07 bits per heavy atom. The lowest BCUT2D eigenvalue weighted by molar-refractivity contribution is 0.426. The van der Waals surface area contributed by atoms with Crippen molar-refractivity contribution in [2.45, 2.75) is 0 Å². The van der Waals surface area contributed by atoms with E-state index < -0.39 is 0 Å². The van der Waals surface area contributed by atoms with E-state index in [2.05, 4.69) is 58.1 Å². The van der Waals surface area contributed by atoms with Crippen molar-refractivity contribution in [3.63, 3.8) is 0 Å². The van der Waals surface area contributed by atoms with E-state index in [1.165, 1.54) is 0 Å². The topological polar surface area (TPSA) is 18.5 Å². The van der Waals surface area contributed by atoms with Crippen LogP contribution in [0.3, 0.4) is 0 Å². The van der Waals surface area contributed by atoms with Crippen LogP contribution >= 0.6 is 71.3 Å². The van der Waals surface area contributed by atoms with Gasteiger partial charge in [-0.25, -0.2) is 0 Å². The third kappa shape index (κ3) is 23.5. The van der Waals surface area contributed by atoms with Crippen molar-refractivity contribution in [1.82, 2.24) is 0 Å². The maximum atomic E-state index is 4.67. The van der Waals surface area contributed by atoms with Crippen LogP contribution in [0.2, 0.25) is 0 Å². The number of hydrogen-bond donors (Lipinski definition) is 6. The maximum absolute atomic E-state index is 4.67. The predicted octanol–water partition coefficient (Wildman–Crippen LogP) is 2.25. The van der Waals surface area contributed by atoms with Gasteiger partial charge in [0.1, 0.15) is 8.77 Å². The van der Waals surface area contributed by atoms with E-state index in [9.17, 15) is 0 Å². The third-order valence-corrected chi connectivity index (χ3v) is 3.44. The highest BCUT2D eigenvalue weighted by molar-refractivity contribution is 8.59. The molecule has 90 valence electrons. The van der Waals surface area contributed by atoms with Gasteiger partial charge >= 0.3 is 0 Å². The number of methoxy groups -OCH3 is 2. The summed E-state index contributed by atoms with van der Waals surface area (Å²) in [7, 11) is 3.22. The molecular formula is C6H18O2S6. The Bertz CT molecular complexity index is 140. The van der Waals surface area contributed by atoms with Gasteiger partial charge in [0.15, 0.2) is 0 Å². The molecule has 0 spiro atoms. The summed E-state index contributed by atoms with van der Waals surface area (Å²) in [6.07, 6.45) is 3.93. The molecule has 0 atom stereocenters. The second-order valence-electron chi connectivity index (χ2n) is 1.42. The van der Waals surface area contributed by atoms with Gasteiger partial charge in [0, 0.05) is 14.2 Å². The highest BCUT2D eigenvalue weighted by Crippen LogP contribution is 1.89. The minimum absolute atomic E-state index is 0.759. The minimum atomic E-state index is 0.759. The van der Waals surface area contributed by atoms with Crippen LogP contribution in [0.4, 0.5) is 0 Å². The predicted molar refractivity (Wildman–Crippen MR) is 89.8 cm³/mol. The zero-order valence-electron chi connectivity index (χ0n) is 8.50. The van der Waals surface area contributed by atoms with Crippen molar-refractivity contribution < 1.29 is 9.47 Å². The highest BCUT2D eigenvalue weighted by atomic mass is 33.1. The second kappa shape index (κ2) is 20.2. The Balaban J connectivity index is -0.000000147. The average Bonchev–Trinajstić information content (AvgIpc) is 2.30. The van der Waals surface area contributed by atoms with Crippen molar-refractivity contribution in [2.75, 3.05) is 26.7 Å². The monoisotopic (exact) mass is 314 g/mol. The van der Waals surface area contributed by atoms with Gasteiger partial charge in [-0.1, -0.05) is 0 Å². The first kappa shape index (κ1) is 21.1. The molecule has 0 unspecified atom stereocenters. The average molecular weight is 315 g/mol. The van der Waals surface area contributed by atoms with Crippen molar-refractivity contribution in [2.24, 2.45) is 0 Å². The summed E-state index contributed by atoms with van der Waals surface area (Å²) in [5.74, 6) is 0. The maximum Gasteiger partial charge on any atom is 0.127 e. The normalized spacial score (nSPS) is 12.0. The third-order valence-electron chi connectivity index (χ3n) is 0.748. The standard InChI is InChI=1S/2C3H8OS2.H2S2/c2*1-4-3(5)6-2;1-2/h2*5-6H,1-2H3;1-2H. The molecular weight excluding hydrogens is 296 g/mol. The molecule has 0 bridgehead atoms. The fourth-order valence-electron chi connectivity index (χ4n) is 0.183. The fraction of sp³-hybridized carbons (Fsp3) is 0.667. The van der Waals surface area contributed by atoms with E-state index in [-0.39, 0.29) is 0 Å². The van der Waals surface area contributed by atoms with E-state index in [1.807, 2.05) is 12.5 Å². The molecule has 2 nitrogen and oxygen atoms in total. The molecule has 0 aliphatic rings. The van der Waals surface area contributed by atoms with E-state index in [0.29, 0.717) is 0 Å². The smallest absolute Gasteiger partial charge is 0.127 e. The summed E-state index contributed by atoms with van der Waals surface area (Å²) in [5.41, 5.74) is 0. The lowest BCUT2D eigenvalue weighted by Crippen LogP contribution is -1.83. The molecule has 0 rings (SSSR count). The minimum Gasteiger partial charge on any atom is -0.338 e. The summed E-state index contributed by atoms with van der Waals surface area (Å²) >= 11 is 16.4. The van der Waals surface area contributed by atoms with Gasteiger partial charge in [-0.05, 0) is 12.5 Å². The number of thiol groups is 6. The van der Waals surface area contributed by atoms with Crippen molar-refractivity contribution in [3.05, 3.63) is 0 Å². The lowest BCUT2D eigenvalue weighted by Gasteiger charge is -1.87. The highest BCUT2D eigenvalue weighted by Gasteiger charge is 1.74. The first-order valence-corrected chi connectivity index (χ1v) is 8.39. The molecule has 0 N–H and O–H groups in total. The number of ether oxygens (including phenoxy) is 2. The molecule has 0 heterocycles. The zero-order valence-corrected chi connectivity index (χ0v) is 13.9. The van der Waals surface area contributed by atoms with Crippen LogP contribution in [0.1, 0.15) is 0 Å². The Morgan fingerprint density at radius 1 is 0.857 bits per heavy atom. The van der Waals surface area contributed by atoms with Gasteiger partial charge < -0.3 is 9.47 Å². The summed E-state index contributed by atoms with van der Waals surface area (Å²) < 4.78 is 10.9. The van der Waals surface area contributed by atoms with Gasteiger partial charge in [-0.15, -0.1) is 48.6 Å². The van der Waals surface area contributed by atoms with E-state index in [4.69, 9.17) is 0 Å². The van der Waals surface area contributed by atoms with Crippen LogP contribution in [-0.2, 0) is 9.47 Å². The Hall–Kier alpha value is 1.76. The van der Waals surface area contributed by atoms with Crippen molar-refractivity contribution >= 4 is 80.0 Å². The molecule has 0 radical (unpaired) electrons. The SMILES string of the molecule is COC(S)=[SH]C.COC(S)=[SH]C.SS. The summed E-state index contributed by atoms with van der Waals surface area (Å²) in [4.78, 5) is 0. The van der Waals surface area contributed by atoms with Gasteiger partial charge in [0.2, 0.25) is 0 Å². The summed E-state index contributed by atoms with van der Waals surface area (Å²) in [5, 5.41) is 0. The van der Waals surface area contributed by atoms with Crippen molar-refractivity contribution in [1.29, 1.82) is 0 Å². The molecule has 8 heteroatoms. The van der Waals surface area contributed by atoms with Crippen LogP contribution < -0.4 is 0 Å². The quantitative estimate of drug-likeness (QED) is 0.234. The number of rotatable bonds is 0. The Morgan fingerprint density at radius 2 is 1.07 bits per heavy atom. The van der Waals surface area contributed by atoms with E-state index in [0.717, 1.165) is 31.5 Å².